The first-order chi connectivity index (χ1) is 11.7. The Morgan fingerprint density at radius 1 is 1.21 bits per heavy atom. The fourth-order valence-electron chi connectivity index (χ4n) is 3.93. The van der Waals surface area contributed by atoms with Crippen molar-refractivity contribution in [3.63, 3.8) is 0 Å². The number of nitrogen functional groups attached to an aromatic ring is 1. The molecule has 128 valence electrons. The Balaban J connectivity index is 1.91. The fourth-order valence-corrected chi connectivity index (χ4v) is 4.95. The smallest absolute Gasteiger partial charge is 0.350 e. The van der Waals surface area contributed by atoms with E-state index >= 15 is 0 Å². The van der Waals surface area contributed by atoms with Crippen molar-refractivity contribution in [1.82, 2.24) is 4.98 Å². The summed E-state index contributed by atoms with van der Waals surface area (Å²) in [6.45, 7) is 4.33. The Kier molecular flexibility index (Phi) is 4.08. The van der Waals surface area contributed by atoms with Crippen LogP contribution in [0.2, 0.25) is 0 Å². The minimum Gasteiger partial charge on any atom is -0.462 e. The van der Waals surface area contributed by atoms with Gasteiger partial charge in [0.1, 0.15) is 15.5 Å². The minimum absolute atomic E-state index is 0.328. The first-order valence-electron chi connectivity index (χ1n) is 8.86. The summed E-state index contributed by atoms with van der Waals surface area (Å²) in [5.41, 5.74) is 9.59. The Bertz CT molecular complexity index is 793. The van der Waals surface area contributed by atoms with E-state index in [1.54, 1.807) is 0 Å². The van der Waals surface area contributed by atoms with Gasteiger partial charge in [0.15, 0.2) is 0 Å². The van der Waals surface area contributed by atoms with Crippen LogP contribution in [-0.4, -0.2) is 30.6 Å². The lowest BCUT2D eigenvalue weighted by Crippen LogP contribution is -2.22. The van der Waals surface area contributed by atoms with E-state index in [1.807, 2.05) is 6.92 Å². The van der Waals surface area contributed by atoms with E-state index in [2.05, 4.69) is 4.90 Å². The average Bonchev–Trinajstić information content (AvgIpc) is 3.22. The van der Waals surface area contributed by atoms with Gasteiger partial charge in [0.2, 0.25) is 0 Å². The number of hydrogen-bond donors (Lipinski definition) is 1. The number of rotatable bonds is 3. The van der Waals surface area contributed by atoms with Crippen LogP contribution in [0.3, 0.4) is 0 Å². The monoisotopic (exact) mass is 345 g/mol. The van der Waals surface area contributed by atoms with Gasteiger partial charge in [0.25, 0.3) is 0 Å². The van der Waals surface area contributed by atoms with E-state index in [9.17, 15) is 4.79 Å². The molecular formula is C18H23N3O2S. The zero-order valence-corrected chi connectivity index (χ0v) is 14.9. The van der Waals surface area contributed by atoms with Gasteiger partial charge < -0.3 is 15.4 Å². The number of carbonyl (C=O) groups is 1. The SMILES string of the molecule is CCOC(=O)c1sc2nc(N3CCCC3)c3c(c2c1N)CCCC3. The molecule has 0 bridgehead atoms. The van der Waals surface area contributed by atoms with Gasteiger partial charge in [0.05, 0.1) is 12.3 Å². The molecule has 3 heterocycles. The average molecular weight is 345 g/mol. The molecule has 2 aromatic rings. The van der Waals surface area contributed by atoms with Gasteiger partial charge in [-0.2, -0.15) is 0 Å². The molecule has 1 fully saturated rings. The Labute approximate surface area is 145 Å². The fraction of sp³-hybridized carbons (Fsp3) is 0.556. The summed E-state index contributed by atoms with van der Waals surface area (Å²) in [6, 6.07) is 0. The lowest BCUT2D eigenvalue weighted by atomic mass is 9.89. The third-order valence-electron chi connectivity index (χ3n) is 5.04. The molecule has 0 atom stereocenters. The normalized spacial score (nSPS) is 17.3. The second-order valence-corrected chi connectivity index (χ2v) is 7.54. The maximum absolute atomic E-state index is 12.2. The van der Waals surface area contributed by atoms with Crippen LogP contribution in [0.25, 0.3) is 10.2 Å². The highest BCUT2D eigenvalue weighted by Crippen LogP contribution is 2.42. The van der Waals surface area contributed by atoms with Gasteiger partial charge >= 0.3 is 5.97 Å². The molecule has 0 radical (unpaired) electrons. The van der Waals surface area contributed by atoms with Crippen LogP contribution in [-0.2, 0) is 17.6 Å². The summed E-state index contributed by atoms with van der Waals surface area (Å²) < 4.78 is 5.17. The number of pyridine rings is 1. The van der Waals surface area contributed by atoms with Gasteiger partial charge in [0, 0.05) is 18.5 Å². The second-order valence-electron chi connectivity index (χ2n) is 6.54. The van der Waals surface area contributed by atoms with Crippen molar-refractivity contribution in [3.05, 3.63) is 16.0 Å². The van der Waals surface area contributed by atoms with Crippen LogP contribution in [0.1, 0.15) is 53.4 Å². The van der Waals surface area contributed by atoms with E-state index in [0.29, 0.717) is 17.2 Å². The Morgan fingerprint density at radius 3 is 2.62 bits per heavy atom. The van der Waals surface area contributed by atoms with Crippen molar-refractivity contribution >= 4 is 39.0 Å². The third kappa shape index (κ3) is 2.44. The topological polar surface area (TPSA) is 68.5 Å². The van der Waals surface area contributed by atoms with Crippen LogP contribution in [0.4, 0.5) is 11.5 Å². The molecule has 1 aliphatic heterocycles. The van der Waals surface area contributed by atoms with Crippen molar-refractivity contribution < 1.29 is 9.53 Å². The number of hydrogen-bond acceptors (Lipinski definition) is 6. The number of thiophene rings is 1. The first kappa shape index (κ1) is 15.7. The number of fused-ring (bicyclic) bond motifs is 3. The predicted octanol–water partition coefficient (Wildman–Crippen LogP) is 3.53. The van der Waals surface area contributed by atoms with Gasteiger partial charge in [-0.15, -0.1) is 11.3 Å². The molecule has 1 saturated heterocycles. The number of nitrogens with two attached hydrogens (primary N) is 1. The highest BCUT2D eigenvalue weighted by molar-refractivity contribution is 7.21. The van der Waals surface area contributed by atoms with Gasteiger partial charge in [-0.1, -0.05) is 0 Å². The van der Waals surface area contributed by atoms with Gasteiger partial charge in [-0.25, -0.2) is 9.78 Å². The second kappa shape index (κ2) is 6.24. The molecule has 0 unspecified atom stereocenters. The van der Waals surface area contributed by atoms with Crippen molar-refractivity contribution in [1.29, 1.82) is 0 Å². The maximum Gasteiger partial charge on any atom is 0.350 e. The largest absolute Gasteiger partial charge is 0.462 e. The zero-order valence-electron chi connectivity index (χ0n) is 14.1. The highest BCUT2D eigenvalue weighted by atomic mass is 32.1. The Hall–Kier alpha value is -1.82. The lowest BCUT2D eigenvalue weighted by molar-refractivity contribution is 0.0533. The molecule has 2 aromatic heterocycles. The van der Waals surface area contributed by atoms with Crippen LogP contribution in [0.5, 0.6) is 0 Å². The van der Waals surface area contributed by atoms with E-state index in [0.717, 1.165) is 42.0 Å². The summed E-state index contributed by atoms with van der Waals surface area (Å²) in [7, 11) is 0. The van der Waals surface area contributed by atoms with E-state index in [1.165, 1.54) is 48.1 Å². The number of aromatic nitrogens is 1. The molecule has 0 aromatic carbocycles. The summed E-state index contributed by atoms with van der Waals surface area (Å²) in [6.07, 6.45) is 6.93. The molecule has 24 heavy (non-hydrogen) atoms. The molecule has 4 rings (SSSR count). The molecular weight excluding hydrogens is 322 g/mol. The Morgan fingerprint density at radius 2 is 1.92 bits per heavy atom. The molecule has 6 heteroatoms. The highest BCUT2D eigenvalue weighted by Gasteiger charge is 2.28. The number of aryl methyl sites for hydroxylation is 1. The first-order valence-corrected chi connectivity index (χ1v) is 9.68. The third-order valence-corrected chi connectivity index (χ3v) is 6.12. The van der Waals surface area contributed by atoms with Crippen LogP contribution in [0.15, 0.2) is 0 Å². The van der Waals surface area contributed by atoms with Crippen molar-refractivity contribution in [2.45, 2.75) is 45.4 Å². The number of anilines is 2. The van der Waals surface area contributed by atoms with Crippen LogP contribution >= 0.6 is 11.3 Å². The van der Waals surface area contributed by atoms with Crippen molar-refractivity contribution in [2.24, 2.45) is 0 Å². The predicted molar refractivity (Wildman–Crippen MR) is 98.1 cm³/mol. The number of esters is 1. The van der Waals surface area contributed by atoms with E-state index in [-0.39, 0.29) is 5.97 Å². The van der Waals surface area contributed by atoms with E-state index < -0.39 is 0 Å². The molecule has 2 aliphatic rings. The van der Waals surface area contributed by atoms with Crippen molar-refractivity contribution in [2.75, 3.05) is 30.3 Å². The van der Waals surface area contributed by atoms with Crippen LogP contribution in [0, 0.1) is 0 Å². The molecule has 0 spiro atoms. The van der Waals surface area contributed by atoms with Crippen molar-refractivity contribution in [3.8, 4) is 0 Å². The number of ether oxygens (including phenoxy) is 1. The molecule has 0 amide bonds. The summed E-state index contributed by atoms with van der Waals surface area (Å²) >= 11 is 1.38. The van der Waals surface area contributed by atoms with Gasteiger partial charge in [-0.3, -0.25) is 0 Å². The quantitative estimate of drug-likeness (QED) is 0.862. The molecule has 2 N–H and O–H groups in total. The standard InChI is InChI=1S/C18H23N3O2S/c1-2-23-18(22)15-14(19)13-11-7-3-4-8-12(11)16(20-17(13)24-15)21-9-5-6-10-21/h2-10,19H2,1H3. The summed E-state index contributed by atoms with van der Waals surface area (Å²) in [4.78, 5) is 21.0. The summed E-state index contributed by atoms with van der Waals surface area (Å²) in [5, 5.41) is 1.00. The molecule has 1 aliphatic carbocycles. The number of carbonyl (C=O) groups excluding carboxylic acids is 1. The maximum atomic E-state index is 12.2. The minimum atomic E-state index is -0.328. The summed E-state index contributed by atoms with van der Waals surface area (Å²) in [5.74, 6) is 0.802. The number of nitrogens with zero attached hydrogens (tertiary/aromatic N) is 2. The molecule has 5 nitrogen and oxygen atoms in total. The lowest BCUT2D eigenvalue weighted by Gasteiger charge is -2.25. The van der Waals surface area contributed by atoms with Gasteiger partial charge in [-0.05, 0) is 56.6 Å². The van der Waals surface area contributed by atoms with E-state index in [4.69, 9.17) is 15.5 Å². The molecule has 0 saturated carbocycles. The zero-order chi connectivity index (χ0) is 16.7. The van der Waals surface area contributed by atoms with Crippen LogP contribution < -0.4 is 10.6 Å².